The third kappa shape index (κ3) is 5.98. The molecule has 3 heterocycles. The maximum absolute atomic E-state index is 6.66. The van der Waals surface area contributed by atoms with Crippen molar-refractivity contribution in [2.24, 2.45) is 0 Å². The second-order valence-electron chi connectivity index (χ2n) is 13.7. The van der Waals surface area contributed by atoms with Crippen LogP contribution in [-0.4, -0.2) is 19.7 Å². The summed E-state index contributed by atoms with van der Waals surface area (Å²) in [6.07, 6.45) is 1.90. The minimum Gasteiger partial charge on any atom is -0.503 e. The van der Waals surface area contributed by atoms with Gasteiger partial charge in [0.2, 0.25) is 0 Å². The van der Waals surface area contributed by atoms with Crippen LogP contribution in [0.25, 0.3) is 71.7 Å². The summed E-state index contributed by atoms with van der Waals surface area (Å²) in [7, 11) is 0. The van der Waals surface area contributed by atoms with E-state index in [2.05, 4.69) is 120 Å². The molecule has 0 saturated heterocycles. The number of hydrogen-bond acceptors (Lipinski definition) is 4. The van der Waals surface area contributed by atoms with Gasteiger partial charge >= 0.3 is 21.1 Å². The zero-order valence-corrected chi connectivity index (χ0v) is 30.6. The van der Waals surface area contributed by atoms with Gasteiger partial charge in [0.15, 0.2) is 0 Å². The van der Waals surface area contributed by atoms with Crippen molar-refractivity contribution in [3.63, 3.8) is 0 Å². The van der Waals surface area contributed by atoms with Crippen molar-refractivity contribution >= 4 is 43.5 Å². The summed E-state index contributed by atoms with van der Waals surface area (Å²) in [6, 6.07) is 52.9. The maximum Gasteiger partial charge on any atom is 2.00 e. The summed E-state index contributed by atoms with van der Waals surface area (Å²) in [4.78, 5) is 4.88. The SMILES string of the molecule is CC(C)(C)c1ccnc(-n2c3[c-]c(Oc4[c-]c(-c5cc6ccccc6nn5)cc(-c5ccccc5)c4)ccc3c3c4ccccc4ccc32)c1.[Pt+2]. The van der Waals surface area contributed by atoms with E-state index in [9.17, 15) is 0 Å². The van der Waals surface area contributed by atoms with Crippen LogP contribution in [0.5, 0.6) is 11.5 Å². The molecule has 9 aromatic rings. The Bertz CT molecular complexity index is 2730. The van der Waals surface area contributed by atoms with Crippen molar-refractivity contribution in [3.8, 4) is 39.7 Å². The fourth-order valence-electron chi connectivity index (χ4n) is 6.76. The van der Waals surface area contributed by atoms with Crippen molar-refractivity contribution in [1.29, 1.82) is 0 Å². The Morgan fingerprint density at radius 1 is 0.627 bits per heavy atom. The van der Waals surface area contributed by atoms with Gasteiger partial charge in [0.1, 0.15) is 5.82 Å². The fourth-order valence-corrected chi connectivity index (χ4v) is 6.76. The van der Waals surface area contributed by atoms with Crippen LogP contribution in [-0.2, 0) is 26.5 Å². The standard InChI is InChI=1S/C45H32N4O.Pt/c1-45(2,3)34-21-22-46-43(27-34)49-41-20-17-30-13-7-9-15-37(30)44(41)38-19-18-35(28-42(38)49)50-36-24-32(29-11-5-4-6-12-29)23-33(25-36)40-26-31-14-8-10-16-39(31)47-48-40;/h4-24,26-27H,1-3H3;/q-2;+2. The molecular weight excluding hydrogens is 808 g/mol. The number of fused-ring (bicyclic) bond motifs is 6. The zero-order chi connectivity index (χ0) is 33.8. The van der Waals surface area contributed by atoms with Gasteiger partial charge in [-0.3, -0.25) is 0 Å². The number of benzene rings is 6. The number of ether oxygens (including phenoxy) is 1. The van der Waals surface area contributed by atoms with Crippen LogP contribution in [0.15, 0.2) is 140 Å². The normalized spacial score (nSPS) is 11.7. The second kappa shape index (κ2) is 12.9. The van der Waals surface area contributed by atoms with Crippen LogP contribution in [0.1, 0.15) is 26.3 Å². The van der Waals surface area contributed by atoms with E-state index in [0.29, 0.717) is 11.5 Å². The molecule has 248 valence electrons. The Morgan fingerprint density at radius 2 is 1.41 bits per heavy atom. The van der Waals surface area contributed by atoms with E-state index >= 15 is 0 Å². The van der Waals surface area contributed by atoms with Crippen LogP contribution < -0.4 is 4.74 Å². The van der Waals surface area contributed by atoms with Crippen molar-refractivity contribution in [3.05, 3.63) is 157 Å². The molecule has 0 fully saturated rings. The van der Waals surface area contributed by atoms with E-state index in [1.54, 1.807) is 0 Å². The molecule has 51 heavy (non-hydrogen) atoms. The fraction of sp³-hybridized carbons (Fsp3) is 0.0889. The molecule has 0 radical (unpaired) electrons. The van der Waals surface area contributed by atoms with Crippen molar-refractivity contribution in [2.75, 3.05) is 0 Å². The number of hydrogen-bond donors (Lipinski definition) is 0. The van der Waals surface area contributed by atoms with E-state index in [4.69, 9.17) is 9.72 Å². The smallest absolute Gasteiger partial charge is 0.503 e. The molecule has 0 saturated carbocycles. The summed E-state index contributed by atoms with van der Waals surface area (Å²) in [5.41, 5.74) is 7.57. The van der Waals surface area contributed by atoms with Gasteiger partial charge in [-0.1, -0.05) is 129 Å². The average molecular weight is 840 g/mol. The average Bonchev–Trinajstić information content (AvgIpc) is 3.48. The van der Waals surface area contributed by atoms with Gasteiger partial charge in [-0.15, -0.1) is 29.1 Å². The number of aromatic nitrogens is 4. The topological polar surface area (TPSA) is 52.8 Å². The number of rotatable bonds is 5. The van der Waals surface area contributed by atoms with Crippen molar-refractivity contribution in [1.82, 2.24) is 19.7 Å². The summed E-state index contributed by atoms with van der Waals surface area (Å²) >= 11 is 0. The predicted molar refractivity (Wildman–Crippen MR) is 203 cm³/mol. The van der Waals surface area contributed by atoms with Crippen LogP contribution in [0.2, 0.25) is 0 Å². The Balaban J connectivity index is 0.00000374. The van der Waals surface area contributed by atoms with E-state index < -0.39 is 0 Å². The minimum absolute atomic E-state index is 0. The van der Waals surface area contributed by atoms with Crippen molar-refractivity contribution in [2.45, 2.75) is 26.2 Å². The first-order valence-electron chi connectivity index (χ1n) is 16.8. The van der Waals surface area contributed by atoms with Gasteiger partial charge < -0.3 is 9.30 Å². The van der Waals surface area contributed by atoms with Gasteiger partial charge in [-0.05, 0) is 62.4 Å². The quantitative estimate of drug-likeness (QED) is 0.162. The van der Waals surface area contributed by atoms with Gasteiger partial charge in [0.05, 0.1) is 5.52 Å². The van der Waals surface area contributed by atoms with E-state index in [0.717, 1.165) is 55.5 Å². The molecule has 0 spiro atoms. The molecule has 0 bridgehead atoms. The largest absolute Gasteiger partial charge is 2.00 e. The third-order valence-electron chi connectivity index (χ3n) is 9.32. The van der Waals surface area contributed by atoms with E-state index in [-0.39, 0.29) is 26.5 Å². The molecule has 6 heteroatoms. The summed E-state index contributed by atoms with van der Waals surface area (Å²) in [5.74, 6) is 1.98. The first-order valence-corrected chi connectivity index (χ1v) is 16.8. The monoisotopic (exact) mass is 839 g/mol. The zero-order valence-electron chi connectivity index (χ0n) is 28.3. The first-order chi connectivity index (χ1) is 24.4. The molecule has 0 aliphatic heterocycles. The molecule has 9 rings (SSSR count). The Morgan fingerprint density at radius 3 is 2.25 bits per heavy atom. The summed E-state index contributed by atoms with van der Waals surface area (Å²) in [5, 5.41) is 14.7. The summed E-state index contributed by atoms with van der Waals surface area (Å²) < 4.78 is 8.87. The van der Waals surface area contributed by atoms with E-state index in [1.165, 1.54) is 21.7 Å². The molecule has 0 amide bonds. The number of nitrogens with zero attached hydrogens (tertiary/aromatic N) is 4. The molecule has 0 unspecified atom stereocenters. The molecule has 5 nitrogen and oxygen atoms in total. The second-order valence-corrected chi connectivity index (χ2v) is 13.7. The van der Waals surface area contributed by atoms with E-state index in [1.807, 2.05) is 66.9 Å². The summed E-state index contributed by atoms with van der Waals surface area (Å²) in [6.45, 7) is 6.67. The van der Waals surface area contributed by atoms with Gasteiger partial charge in [0, 0.05) is 28.9 Å². The number of pyridine rings is 1. The Kier molecular flexibility index (Phi) is 8.24. The molecule has 3 aromatic heterocycles. The molecule has 0 atom stereocenters. The predicted octanol–water partition coefficient (Wildman–Crippen LogP) is 11.3. The Labute approximate surface area is 310 Å². The molecule has 6 aromatic carbocycles. The van der Waals surface area contributed by atoms with Crippen LogP contribution in [0, 0.1) is 12.1 Å². The third-order valence-corrected chi connectivity index (χ3v) is 9.32. The first kappa shape index (κ1) is 32.6. The maximum atomic E-state index is 6.66. The van der Waals surface area contributed by atoms with Gasteiger partial charge in [-0.25, -0.2) is 10.1 Å². The Hall–Kier alpha value is -5.64. The van der Waals surface area contributed by atoms with Gasteiger partial charge in [-0.2, -0.15) is 11.2 Å². The van der Waals surface area contributed by atoms with Crippen LogP contribution in [0.4, 0.5) is 0 Å². The van der Waals surface area contributed by atoms with Crippen LogP contribution >= 0.6 is 0 Å². The molecule has 0 N–H and O–H groups in total. The van der Waals surface area contributed by atoms with Gasteiger partial charge in [0.25, 0.3) is 0 Å². The molecular formula is C45H32N4OPt. The van der Waals surface area contributed by atoms with Crippen molar-refractivity contribution < 1.29 is 25.8 Å². The molecule has 0 aliphatic carbocycles. The van der Waals surface area contributed by atoms with Crippen LogP contribution in [0.3, 0.4) is 0 Å². The molecule has 0 aliphatic rings. The minimum atomic E-state index is -0.0339.